The molecule has 1 atom stereocenters. The standard InChI is InChI=1S/C11H10ClFO3/c12-11(15)9(13)6-10(14)16-7-8-4-2-1-3-5-8/h1-5,9H,6-7H2. The maximum Gasteiger partial charge on any atom is 0.309 e. The topological polar surface area (TPSA) is 43.4 Å². The van der Waals surface area contributed by atoms with Crippen molar-refractivity contribution in [2.75, 3.05) is 0 Å². The highest BCUT2D eigenvalue weighted by molar-refractivity contribution is 6.64. The lowest BCUT2D eigenvalue weighted by molar-refractivity contribution is -0.147. The van der Waals surface area contributed by atoms with Gasteiger partial charge in [-0.3, -0.25) is 9.59 Å². The van der Waals surface area contributed by atoms with E-state index in [2.05, 4.69) is 0 Å². The lowest BCUT2D eigenvalue weighted by Gasteiger charge is -2.05. The molecule has 0 spiro atoms. The van der Waals surface area contributed by atoms with E-state index in [4.69, 9.17) is 16.3 Å². The van der Waals surface area contributed by atoms with E-state index in [1.165, 1.54) is 0 Å². The van der Waals surface area contributed by atoms with E-state index >= 15 is 0 Å². The summed E-state index contributed by atoms with van der Waals surface area (Å²) < 4.78 is 17.5. The average Bonchev–Trinajstić information content (AvgIpc) is 2.27. The smallest absolute Gasteiger partial charge is 0.309 e. The number of esters is 1. The number of halogens is 2. The first-order chi connectivity index (χ1) is 7.59. The maximum absolute atomic E-state index is 12.7. The van der Waals surface area contributed by atoms with Crippen molar-refractivity contribution in [2.24, 2.45) is 0 Å². The molecular formula is C11H10ClFO3. The summed E-state index contributed by atoms with van der Waals surface area (Å²) in [6.07, 6.45) is -2.64. The molecule has 1 unspecified atom stereocenters. The summed E-state index contributed by atoms with van der Waals surface area (Å²) in [7, 11) is 0. The van der Waals surface area contributed by atoms with Gasteiger partial charge in [0.2, 0.25) is 0 Å². The Morgan fingerprint density at radius 2 is 1.94 bits per heavy atom. The van der Waals surface area contributed by atoms with Gasteiger partial charge in [-0.2, -0.15) is 0 Å². The molecule has 5 heteroatoms. The van der Waals surface area contributed by atoms with Crippen LogP contribution < -0.4 is 0 Å². The molecular weight excluding hydrogens is 235 g/mol. The van der Waals surface area contributed by atoms with Gasteiger partial charge in [0.25, 0.3) is 5.24 Å². The Morgan fingerprint density at radius 1 is 1.31 bits per heavy atom. The normalized spacial score (nSPS) is 11.9. The number of hydrogen-bond donors (Lipinski definition) is 0. The second kappa shape index (κ2) is 6.23. The van der Waals surface area contributed by atoms with Gasteiger partial charge in [0, 0.05) is 0 Å². The minimum Gasteiger partial charge on any atom is -0.461 e. The number of carbonyl (C=O) groups is 2. The highest BCUT2D eigenvalue weighted by atomic mass is 35.5. The first-order valence-corrected chi connectivity index (χ1v) is 5.00. The number of hydrogen-bond acceptors (Lipinski definition) is 3. The van der Waals surface area contributed by atoms with E-state index in [-0.39, 0.29) is 6.61 Å². The third-order valence-electron chi connectivity index (χ3n) is 1.83. The second-order valence-corrected chi connectivity index (χ2v) is 3.49. The third-order valence-corrected chi connectivity index (χ3v) is 2.07. The summed E-state index contributed by atoms with van der Waals surface area (Å²) >= 11 is 4.87. The summed E-state index contributed by atoms with van der Waals surface area (Å²) in [6.45, 7) is 0.0584. The van der Waals surface area contributed by atoms with Crippen molar-refractivity contribution < 1.29 is 18.7 Å². The van der Waals surface area contributed by atoms with Gasteiger partial charge in [0.15, 0.2) is 6.17 Å². The summed E-state index contributed by atoms with van der Waals surface area (Å²) in [5.74, 6) is -0.787. The van der Waals surface area contributed by atoms with E-state index < -0.39 is 23.8 Å². The van der Waals surface area contributed by atoms with Crippen LogP contribution in [0.3, 0.4) is 0 Å². The van der Waals surface area contributed by atoms with Crippen molar-refractivity contribution in [1.29, 1.82) is 0 Å². The van der Waals surface area contributed by atoms with Crippen LogP contribution in [-0.2, 0) is 20.9 Å². The molecule has 0 heterocycles. The number of benzene rings is 1. The Balaban J connectivity index is 2.33. The molecule has 0 fully saturated rings. The van der Waals surface area contributed by atoms with Crippen LogP contribution in [0.5, 0.6) is 0 Å². The monoisotopic (exact) mass is 244 g/mol. The predicted octanol–water partition coefficient (Wildman–Crippen LogP) is 2.22. The first-order valence-electron chi connectivity index (χ1n) is 4.62. The molecule has 3 nitrogen and oxygen atoms in total. The molecule has 16 heavy (non-hydrogen) atoms. The molecule has 1 aromatic carbocycles. The lowest BCUT2D eigenvalue weighted by Crippen LogP contribution is -2.17. The third kappa shape index (κ3) is 4.40. The molecule has 0 amide bonds. The molecule has 0 aliphatic carbocycles. The SMILES string of the molecule is O=C(CC(F)C(=O)Cl)OCc1ccccc1. The predicted molar refractivity (Wildman–Crippen MR) is 56.6 cm³/mol. The van der Waals surface area contributed by atoms with E-state index in [1.807, 2.05) is 6.07 Å². The molecule has 0 saturated heterocycles. The van der Waals surface area contributed by atoms with Crippen LogP contribution >= 0.6 is 11.6 Å². The summed E-state index contributed by atoms with van der Waals surface area (Å²) in [5, 5.41) is -1.18. The van der Waals surface area contributed by atoms with Crippen LogP contribution in [0.1, 0.15) is 12.0 Å². The zero-order valence-electron chi connectivity index (χ0n) is 8.36. The van der Waals surface area contributed by atoms with Gasteiger partial charge < -0.3 is 4.74 Å². The molecule has 86 valence electrons. The highest BCUT2D eigenvalue weighted by Gasteiger charge is 2.19. The largest absolute Gasteiger partial charge is 0.461 e. The average molecular weight is 245 g/mol. The zero-order chi connectivity index (χ0) is 12.0. The fourth-order valence-electron chi connectivity index (χ4n) is 1.02. The van der Waals surface area contributed by atoms with Crippen molar-refractivity contribution in [1.82, 2.24) is 0 Å². The van der Waals surface area contributed by atoms with Gasteiger partial charge in [0.1, 0.15) is 6.61 Å². The lowest BCUT2D eigenvalue weighted by atomic mass is 10.2. The second-order valence-electron chi connectivity index (χ2n) is 3.12. The summed E-state index contributed by atoms with van der Waals surface area (Å²) in [4.78, 5) is 21.4. The number of carbonyl (C=O) groups excluding carboxylic acids is 2. The van der Waals surface area contributed by atoms with Gasteiger partial charge in [-0.15, -0.1) is 0 Å². The Bertz CT molecular complexity index is 367. The van der Waals surface area contributed by atoms with Crippen molar-refractivity contribution in [3.8, 4) is 0 Å². The van der Waals surface area contributed by atoms with Crippen molar-refractivity contribution in [3.05, 3.63) is 35.9 Å². The molecule has 0 aliphatic heterocycles. The quantitative estimate of drug-likeness (QED) is 0.589. The van der Waals surface area contributed by atoms with Crippen LogP contribution in [0.2, 0.25) is 0 Å². The molecule has 1 aromatic rings. The van der Waals surface area contributed by atoms with Crippen LogP contribution in [0.15, 0.2) is 30.3 Å². The number of ether oxygens (including phenoxy) is 1. The summed E-state index contributed by atoms with van der Waals surface area (Å²) in [5.41, 5.74) is 0.795. The minimum atomic E-state index is -2.00. The van der Waals surface area contributed by atoms with Gasteiger partial charge in [0.05, 0.1) is 6.42 Å². The number of alkyl halides is 1. The van der Waals surface area contributed by atoms with Crippen LogP contribution in [-0.4, -0.2) is 17.4 Å². The fraction of sp³-hybridized carbons (Fsp3) is 0.273. The Hall–Kier alpha value is -1.42. The van der Waals surface area contributed by atoms with Crippen LogP contribution in [0.25, 0.3) is 0 Å². The molecule has 1 rings (SSSR count). The number of rotatable bonds is 5. The maximum atomic E-state index is 12.7. The van der Waals surface area contributed by atoms with Crippen molar-refractivity contribution in [2.45, 2.75) is 19.2 Å². The van der Waals surface area contributed by atoms with Gasteiger partial charge in [-0.25, -0.2) is 4.39 Å². The Morgan fingerprint density at radius 3 is 2.50 bits per heavy atom. The van der Waals surface area contributed by atoms with Crippen LogP contribution in [0, 0.1) is 0 Å². The summed E-state index contributed by atoms with van der Waals surface area (Å²) in [6, 6.07) is 8.96. The van der Waals surface area contributed by atoms with E-state index in [0.717, 1.165) is 5.56 Å². The van der Waals surface area contributed by atoms with Crippen LogP contribution in [0.4, 0.5) is 4.39 Å². The van der Waals surface area contributed by atoms with Crippen molar-refractivity contribution in [3.63, 3.8) is 0 Å². The van der Waals surface area contributed by atoms with E-state index in [9.17, 15) is 14.0 Å². The Kier molecular flexibility index (Phi) is 4.92. The van der Waals surface area contributed by atoms with Crippen molar-refractivity contribution >= 4 is 22.8 Å². The van der Waals surface area contributed by atoms with Gasteiger partial charge in [-0.1, -0.05) is 30.3 Å². The van der Waals surface area contributed by atoms with Gasteiger partial charge in [-0.05, 0) is 17.2 Å². The fourth-order valence-corrected chi connectivity index (χ4v) is 1.10. The molecule has 0 aromatic heterocycles. The molecule has 0 aliphatic rings. The first kappa shape index (κ1) is 12.6. The molecule has 0 saturated carbocycles. The van der Waals surface area contributed by atoms with E-state index in [0.29, 0.717) is 0 Å². The Labute approximate surface area is 97.2 Å². The molecule has 0 N–H and O–H groups in total. The molecule has 0 bridgehead atoms. The highest BCUT2D eigenvalue weighted by Crippen LogP contribution is 2.06. The van der Waals surface area contributed by atoms with E-state index in [1.54, 1.807) is 24.3 Å². The zero-order valence-corrected chi connectivity index (χ0v) is 9.11. The van der Waals surface area contributed by atoms with Gasteiger partial charge >= 0.3 is 5.97 Å². The minimum absolute atomic E-state index is 0.0584. The molecule has 0 radical (unpaired) electrons.